The minimum atomic E-state index is -0.138. The molecule has 0 aliphatic carbocycles. The van der Waals surface area contributed by atoms with Gasteiger partial charge in [-0.05, 0) is 68.0 Å². The number of ether oxygens (including phenoxy) is 1. The molecular formula is C22H28N2O2. The Balaban J connectivity index is 1.61. The van der Waals surface area contributed by atoms with Crippen LogP contribution in [0.1, 0.15) is 30.9 Å². The van der Waals surface area contributed by atoms with E-state index in [2.05, 4.69) is 30.1 Å². The highest BCUT2D eigenvalue weighted by molar-refractivity contribution is 5.95. The van der Waals surface area contributed by atoms with Gasteiger partial charge in [0.05, 0.1) is 11.4 Å². The fourth-order valence-electron chi connectivity index (χ4n) is 3.24. The number of rotatable bonds is 5. The molecule has 4 heteroatoms. The van der Waals surface area contributed by atoms with Crippen LogP contribution in [0.3, 0.4) is 0 Å². The number of carbonyl (C=O) groups excluding carboxylic acids is 1. The maximum Gasteiger partial charge on any atom is 0.262 e. The number of nitrogens with zero attached hydrogens (tertiary/aromatic N) is 1. The number of aryl methyl sites for hydroxylation is 2. The molecule has 26 heavy (non-hydrogen) atoms. The van der Waals surface area contributed by atoms with Crippen molar-refractivity contribution >= 4 is 17.3 Å². The van der Waals surface area contributed by atoms with Gasteiger partial charge in [0.2, 0.25) is 0 Å². The van der Waals surface area contributed by atoms with Crippen molar-refractivity contribution in [3.63, 3.8) is 0 Å². The number of amides is 1. The van der Waals surface area contributed by atoms with Crippen LogP contribution in [0.2, 0.25) is 0 Å². The molecule has 0 saturated carbocycles. The SMILES string of the molecule is Cc1ccc(OCC(=O)Nc2ccccc2N2CCC(C)CC2)cc1C. The Morgan fingerprint density at radius 2 is 1.85 bits per heavy atom. The monoisotopic (exact) mass is 352 g/mol. The Hall–Kier alpha value is -2.49. The van der Waals surface area contributed by atoms with E-state index in [0.29, 0.717) is 0 Å². The van der Waals surface area contributed by atoms with Gasteiger partial charge in [0.15, 0.2) is 6.61 Å². The zero-order valence-corrected chi connectivity index (χ0v) is 15.9. The first kappa shape index (κ1) is 18.3. The maximum atomic E-state index is 12.4. The summed E-state index contributed by atoms with van der Waals surface area (Å²) in [7, 11) is 0. The maximum absolute atomic E-state index is 12.4. The van der Waals surface area contributed by atoms with Gasteiger partial charge in [-0.15, -0.1) is 0 Å². The summed E-state index contributed by atoms with van der Waals surface area (Å²) in [5.74, 6) is 1.36. The van der Waals surface area contributed by atoms with Crippen LogP contribution in [-0.2, 0) is 4.79 Å². The van der Waals surface area contributed by atoms with E-state index in [1.54, 1.807) is 0 Å². The van der Waals surface area contributed by atoms with Crippen LogP contribution in [0.5, 0.6) is 5.75 Å². The van der Waals surface area contributed by atoms with Gasteiger partial charge in [-0.25, -0.2) is 0 Å². The molecule has 0 spiro atoms. The molecule has 2 aromatic rings. The summed E-state index contributed by atoms with van der Waals surface area (Å²) in [6, 6.07) is 13.9. The second-order valence-electron chi connectivity index (χ2n) is 7.27. The topological polar surface area (TPSA) is 41.6 Å². The van der Waals surface area contributed by atoms with Crippen LogP contribution in [0.25, 0.3) is 0 Å². The quantitative estimate of drug-likeness (QED) is 0.858. The first-order chi connectivity index (χ1) is 12.5. The van der Waals surface area contributed by atoms with E-state index in [-0.39, 0.29) is 12.5 Å². The predicted octanol–water partition coefficient (Wildman–Crippen LogP) is 4.56. The highest BCUT2D eigenvalue weighted by atomic mass is 16.5. The van der Waals surface area contributed by atoms with E-state index in [1.165, 1.54) is 18.4 Å². The second-order valence-corrected chi connectivity index (χ2v) is 7.27. The van der Waals surface area contributed by atoms with Gasteiger partial charge in [-0.1, -0.05) is 25.1 Å². The zero-order valence-electron chi connectivity index (χ0n) is 15.9. The Bertz CT molecular complexity index is 764. The van der Waals surface area contributed by atoms with Crippen molar-refractivity contribution in [3.8, 4) is 5.75 Å². The molecule has 1 aliphatic rings. The van der Waals surface area contributed by atoms with E-state index < -0.39 is 0 Å². The molecule has 0 bridgehead atoms. The third-order valence-corrected chi connectivity index (χ3v) is 5.15. The lowest BCUT2D eigenvalue weighted by Gasteiger charge is -2.33. The number of para-hydroxylation sites is 2. The number of nitrogens with one attached hydrogen (secondary N) is 1. The fourth-order valence-corrected chi connectivity index (χ4v) is 3.24. The molecule has 1 fully saturated rings. The third-order valence-electron chi connectivity index (χ3n) is 5.15. The molecule has 1 N–H and O–H groups in total. The Kier molecular flexibility index (Phi) is 5.82. The number of hydrogen-bond acceptors (Lipinski definition) is 3. The summed E-state index contributed by atoms with van der Waals surface area (Å²) in [6.07, 6.45) is 2.39. The molecule has 4 nitrogen and oxygen atoms in total. The second kappa shape index (κ2) is 8.26. The highest BCUT2D eigenvalue weighted by Gasteiger charge is 2.19. The summed E-state index contributed by atoms with van der Waals surface area (Å²) >= 11 is 0. The summed E-state index contributed by atoms with van der Waals surface area (Å²) in [4.78, 5) is 14.7. The number of benzene rings is 2. The minimum Gasteiger partial charge on any atom is -0.484 e. The molecule has 0 atom stereocenters. The predicted molar refractivity (Wildman–Crippen MR) is 107 cm³/mol. The van der Waals surface area contributed by atoms with E-state index in [1.807, 2.05) is 43.3 Å². The van der Waals surface area contributed by atoms with Crippen molar-refractivity contribution in [1.29, 1.82) is 0 Å². The van der Waals surface area contributed by atoms with Crippen molar-refractivity contribution in [2.45, 2.75) is 33.6 Å². The molecule has 3 rings (SSSR count). The number of anilines is 2. The van der Waals surface area contributed by atoms with Gasteiger partial charge < -0.3 is 15.0 Å². The van der Waals surface area contributed by atoms with Gasteiger partial charge in [-0.2, -0.15) is 0 Å². The summed E-state index contributed by atoms with van der Waals surface area (Å²) in [5, 5.41) is 3.01. The summed E-state index contributed by atoms with van der Waals surface area (Å²) in [6.45, 7) is 8.48. The first-order valence-electron chi connectivity index (χ1n) is 9.37. The van der Waals surface area contributed by atoms with Crippen molar-refractivity contribution in [3.05, 3.63) is 53.6 Å². The van der Waals surface area contributed by atoms with Crippen LogP contribution in [0.15, 0.2) is 42.5 Å². The van der Waals surface area contributed by atoms with Crippen molar-refractivity contribution in [2.24, 2.45) is 5.92 Å². The standard InChI is InChI=1S/C22H28N2O2/c1-16-10-12-24(13-11-16)21-7-5-4-6-20(21)23-22(25)15-26-19-9-8-17(2)18(3)14-19/h4-9,14,16H,10-13,15H2,1-3H3,(H,23,25). The molecule has 138 valence electrons. The molecule has 0 radical (unpaired) electrons. The van der Waals surface area contributed by atoms with Gasteiger partial charge in [0.25, 0.3) is 5.91 Å². The molecule has 0 unspecified atom stereocenters. The van der Waals surface area contributed by atoms with Gasteiger partial charge in [0, 0.05) is 13.1 Å². The van der Waals surface area contributed by atoms with E-state index >= 15 is 0 Å². The van der Waals surface area contributed by atoms with Crippen LogP contribution in [-0.4, -0.2) is 25.6 Å². The lowest BCUT2D eigenvalue weighted by Crippen LogP contribution is -2.33. The normalized spacial score (nSPS) is 15.0. The third kappa shape index (κ3) is 4.57. The van der Waals surface area contributed by atoms with Crippen molar-refractivity contribution in [2.75, 3.05) is 29.9 Å². The average molecular weight is 352 g/mol. The lowest BCUT2D eigenvalue weighted by molar-refractivity contribution is -0.118. The molecule has 1 saturated heterocycles. The first-order valence-corrected chi connectivity index (χ1v) is 9.37. The van der Waals surface area contributed by atoms with E-state index in [0.717, 1.165) is 41.7 Å². The summed E-state index contributed by atoms with van der Waals surface area (Å²) < 4.78 is 5.65. The number of carbonyl (C=O) groups is 1. The largest absolute Gasteiger partial charge is 0.484 e. The molecule has 0 aromatic heterocycles. The Labute approximate surface area is 156 Å². The fraction of sp³-hybridized carbons (Fsp3) is 0.409. The van der Waals surface area contributed by atoms with Crippen LogP contribution in [0.4, 0.5) is 11.4 Å². The van der Waals surface area contributed by atoms with Gasteiger partial charge in [-0.3, -0.25) is 4.79 Å². The molecular weight excluding hydrogens is 324 g/mol. The van der Waals surface area contributed by atoms with Crippen LogP contribution in [0, 0.1) is 19.8 Å². The molecule has 1 aliphatic heterocycles. The number of hydrogen-bond donors (Lipinski definition) is 1. The van der Waals surface area contributed by atoms with Gasteiger partial charge >= 0.3 is 0 Å². The Morgan fingerprint density at radius 1 is 1.12 bits per heavy atom. The summed E-state index contributed by atoms with van der Waals surface area (Å²) in [5.41, 5.74) is 4.33. The molecule has 2 aromatic carbocycles. The smallest absolute Gasteiger partial charge is 0.262 e. The zero-order chi connectivity index (χ0) is 18.5. The van der Waals surface area contributed by atoms with Crippen LogP contribution < -0.4 is 15.0 Å². The Morgan fingerprint density at radius 3 is 2.58 bits per heavy atom. The van der Waals surface area contributed by atoms with E-state index in [9.17, 15) is 4.79 Å². The lowest BCUT2D eigenvalue weighted by atomic mass is 9.98. The van der Waals surface area contributed by atoms with E-state index in [4.69, 9.17) is 4.74 Å². The minimum absolute atomic E-state index is 0.00781. The van der Waals surface area contributed by atoms with Crippen molar-refractivity contribution in [1.82, 2.24) is 0 Å². The average Bonchev–Trinajstić information content (AvgIpc) is 2.64. The highest BCUT2D eigenvalue weighted by Crippen LogP contribution is 2.29. The van der Waals surface area contributed by atoms with Gasteiger partial charge in [0.1, 0.15) is 5.75 Å². The number of piperidine rings is 1. The molecule has 1 amide bonds. The molecule has 1 heterocycles. The van der Waals surface area contributed by atoms with Crippen LogP contribution >= 0.6 is 0 Å². The van der Waals surface area contributed by atoms with Crippen molar-refractivity contribution < 1.29 is 9.53 Å².